The summed E-state index contributed by atoms with van der Waals surface area (Å²) < 4.78 is 1.89. The molecule has 0 amide bonds. The van der Waals surface area contributed by atoms with Crippen molar-refractivity contribution in [1.82, 2.24) is 14.8 Å². The second kappa shape index (κ2) is 6.02. The van der Waals surface area contributed by atoms with Gasteiger partial charge >= 0.3 is 5.97 Å². The Morgan fingerprint density at radius 2 is 2.24 bits per heavy atom. The summed E-state index contributed by atoms with van der Waals surface area (Å²) >= 11 is 0. The lowest BCUT2D eigenvalue weighted by Gasteiger charge is -2.19. The van der Waals surface area contributed by atoms with E-state index in [9.17, 15) is 9.90 Å². The van der Waals surface area contributed by atoms with E-state index >= 15 is 0 Å². The predicted molar refractivity (Wildman–Crippen MR) is 96.0 cm³/mol. The number of nitrogens with zero attached hydrogens (tertiary/aromatic N) is 4. The van der Waals surface area contributed by atoms with Crippen LogP contribution in [0.3, 0.4) is 0 Å². The second-order valence-corrected chi connectivity index (χ2v) is 6.74. The van der Waals surface area contributed by atoms with E-state index in [-0.39, 0.29) is 0 Å². The summed E-state index contributed by atoms with van der Waals surface area (Å²) in [5.41, 5.74) is 3.61. The topological polar surface area (TPSA) is 71.2 Å². The Morgan fingerprint density at radius 3 is 2.92 bits per heavy atom. The maximum Gasteiger partial charge on any atom is 0.331 e. The van der Waals surface area contributed by atoms with Crippen molar-refractivity contribution < 1.29 is 9.90 Å². The molecular formula is C19H22N4O2. The monoisotopic (exact) mass is 338 g/mol. The Hall–Kier alpha value is -2.63. The Balaban J connectivity index is 1.87. The minimum Gasteiger partial charge on any atom is -0.478 e. The Morgan fingerprint density at radius 1 is 1.44 bits per heavy atom. The number of hydrogen-bond acceptors (Lipinski definition) is 4. The van der Waals surface area contributed by atoms with Crippen LogP contribution in [0.4, 0.5) is 11.6 Å². The summed E-state index contributed by atoms with van der Waals surface area (Å²) in [5, 5.41) is 14.2. The molecule has 0 spiro atoms. The third-order valence-electron chi connectivity index (χ3n) is 5.00. The molecule has 0 saturated heterocycles. The second-order valence-electron chi connectivity index (χ2n) is 6.74. The quantitative estimate of drug-likeness (QED) is 0.847. The smallest absolute Gasteiger partial charge is 0.331 e. The lowest BCUT2D eigenvalue weighted by molar-refractivity contribution is -0.132. The number of carbonyl (C=O) groups is 1. The van der Waals surface area contributed by atoms with Crippen molar-refractivity contribution in [2.24, 2.45) is 7.05 Å². The lowest BCUT2D eigenvalue weighted by Crippen LogP contribution is -2.18. The van der Waals surface area contributed by atoms with E-state index in [2.05, 4.69) is 16.0 Å². The maximum atomic E-state index is 11.5. The number of aryl methyl sites for hydroxylation is 1. The molecule has 1 N–H and O–H groups in total. The van der Waals surface area contributed by atoms with Gasteiger partial charge < -0.3 is 10.0 Å². The summed E-state index contributed by atoms with van der Waals surface area (Å²) in [4.78, 5) is 18.3. The van der Waals surface area contributed by atoms with Crippen LogP contribution in [0.15, 0.2) is 23.9 Å². The minimum atomic E-state index is -0.862. The van der Waals surface area contributed by atoms with Crippen LogP contribution in [0.5, 0.6) is 0 Å². The Labute approximate surface area is 146 Å². The van der Waals surface area contributed by atoms with Crippen LogP contribution in [-0.4, -0.2) is 32.4 Å². The fourth-order valence-electron chi connectivity index (χ4n) is 3.57. The number of aromatic nitrogens is 3. The van der Waals surface area contributed by atoms with Gasteiger partial charge in [0, 0.05) is 36.8 Å². The van der Waals surface area contributed by atoms with Gasteiger partial charge in [-0.1, -0.05) is 13.0 Å². The molecule has 25 heavy (non-hydrogen) atoms. The minimum absolute atomic E-state index is 0.414. The van der Waals surface area contributed by atoms with E-state index in [0.29, 0.717) is 17.9 Å². The molecule has 3 heterocycles. The van der Waals surface area contributed by atoms with Crippen LogP contribution < -0.4 is 4.90 Å². The van der Waals surface area contributed by atoms with Gasteiger partial charge in [-0.05, 0) is 43.4 Å². The summed E-state index contributed by atoms with van der Waals surface area (Å²) in [6.07, 6.45) is 7.30. The first-order chi connectivity index (χ1) is 12.1. The molecule has 2 aliphatic rings. The summed E-state index contributed by atoms with van der Waals surface area (Å²) in [5.74, 6) is 1.49. The van der Waals surface area contributed by atoms with Gasteiger partial charge in [0.15, 0.2) is 0 Å². The number of aliphatic carboxylic acids is 1. The van der Waals surface area contributed by atoms with Crippen LogP contribution in [0, 0.1) is 0 Å². The summed E-state index contributed by atoms with van der Waals surface area (Å²) in [6, 6.07) is 4.06. The molecule has 0 aromatic carbocycles. The molecule has 0 radical (unpaired) electrons. The van der Waals surface area contributed by atoms with Gasteiger partial charge in [0.25, 0.3) is 0 Å². The Bertz CT molecular complexity index is 864. The molecule has 0 unspecified atom stereocenters. The van der Waals surface area contributed by atoms with Crippen molar-refractivity contribution in [1.29, 1.82) is 0 Å². The average Bonchev–Trinajstić information content (AvgIpc) is 3.28. The average molecular weight is 338 g/mol. The molecule has 6 nitrogen and oxygen atoms in total. The normalized spacial score (nSPS) is 17.0. The number of carboxylic acid groups (broad SMARTS) is 1. The molecule has 0 atom stereocenters. The number of anilines is 2. The molecule has 1 aliphatic carbocycles. The zero-order chi connectivity index (χ0) is 17.6. The molecule has 0 bridgehead atoms. The molecule has 1 aliphatic heterocycles. The fraction of sp³-hybridized carbons (Fsp3) is 0.421. The van der Waals surface area contributed by atoms with E-state index < -0.39 is 5.97 Å². The highest BCUT2D eigenvalue weighted by molar-refractivity contribution is 5.93. The third kappa shape index (κ3) is 2.71. The van der Waals surface area contributed by atoms with E-state index in [1.807, 2.05) is 30.8 Å². The zero-order valence-corrected chi connectivity index (χ0v) is 14.6. The van der Waals surface area contributed by atoms with E-state index in [1.165, 1.54) is 5.56 Å². The number of pyridine rings is 1. The number of hydrogen-bond donors (Lipinski definition) is 1. The fourth-order valence-corrected chi connectivity index (χ4v) is 3.57. The van der Waals surface area contributed by atoms with Crippen molar-refractivity contribution >= 4 is 23.7 Å². The number of fused-ring (bicyclic) bond motifs is 1. The van der Waals surface area contributed by atoms with E-state index in [4.69, 9.17) is 5.10 Å². The van der Waals surface area contributed by atoms with Crippen LogP contribution in [0.2, 0.25) is 0 Å². The molecule has 6 heteroatoms. The van der Waals surface area contributed by atoms with Gasteiger partial charge in [-0.3, -0.25) is 4.68 Å². The van der Waals surface area contributed by atoms with Crippen LogP contribution in [-0.2, 0) is 18.3 Å². The Kier molecular flexibility index (Phi) is 3.82. The SMILES string of the molecule is CCC(=Cc1c(C2CC2)nn(C)c1N1CCc2cccnc21)C(=O)O. The molecule has 2 aromatic heterocycles. The van der Waals surface area contributed by atoms with E-state index in [1.54, 1.807) is 6.20 Å². The summed E-state index contributed by atoms with van der Waals surface area (Å²) in [7, 11) is 1.94. The predicted octanol–water partition coefficient (Wildman–Crippen LogP) is 3.26. The maximum absolute atomic E-state index is 11.5. The molecule has 1 saturated carbocycles. The number of carboxylic acids is 1. The van der Waals surface area contributed by atoms with Gasteiger partial charge in [-0.2, -0.15) is 5.10 Å². The molecule has 130 valence electrons. The van der Waals surface area contributed by atoms with E-state index in [0.717, 1.165) is 48.7 Å². The standard InChI is InChI=1S/C19H22N4O2/c1-3-12(19(24)25)11-15-16(13-6-7-13)21-22(2)18(15)23-10-8-14-5-4-9-20-17(14)23/h4-5,9,11,13H,3,6-8,10H2,1-2H3,(H,24,25). The van der Waals surface area contributed by atoms with Crippen LogP contribution >= 0.6 is 0 Å². The highest BCUT2D eigenvalue weighted by Crippen LogP contribution is 2.45. The third-order valence-corrected chi connectivity index (χ3v) is 5.00. The molecule has 1 fully saturated rings. The highest BCUT2D eigenvalue weighted by Gasteiger charge is 2.34. The molecular weight excluding hydrogens is 316 g/mol. The van der Waals surface area contributed by atoms with Gasteiger partial charge in [-0.15, -0.1) is 0 Å². The van der Waals surface area contributed by atoms with Crippen molar-refractivity contribution in [3.8, 4) is 0 Å². The van der Waals surface area contributed by atoms with Crippen molar-refractivity contribution in [3.63, 3.8) is 0 Å². The first-order valence-corrected chi connectivity index (χ1v) is 8.82. The van der Waals surface area contributed by atoms with Gasteiger partial charge in [0.05, 0.1) is 5.69 Å². The van der Waals surface area contributed by atoms with Crippen molar-refractivity contribution in [2.45, 2.75) is 38.5 Å². The highest BCUT2D eigenvalue weighted by atomic mass is 16.4. The molecule has 2 aromatic rings. The first-order valence-electron chi connectivity index (χ1n) is 8.82. The van der Waals surface area contributed by atoms with Gasteiger partial charge in [0.2, 0.25) is 0 Å². The zero-order valence-electron chi connectivity index (χ0n) is 14.6. The first kappa shape index (κ1) is 15.9. The van der Waals surface area contributed by atoms with Crippen molar-refractivity contribution in [2.75, 3.05) is 11.4 Å². The summed E-state index contributed by atoms with van der Waals surface area (Å²) in [6.45, 7) is 2.71. The number of rotatable bonds is 5. The van der Waals surface area contributed by atoms with Crippen molar-refractivity contribution in [3.05, 3.63) is 40.7 Å². The lowest BCUT2D eigenvalue weighted by atomic mass is 10.1. The van der Waals surface area contributed by atoms with Gasteiger partial charge in [0.1, 0.15) is 11.6 Å². The largest absolute Gasteiger partial charge is 0.478 e. The van der Waals surface area contributed by atoms with Crippen LogP contribution in [0.25, 0.3) is 6.08 Å². The molecule has 4 rings (SSSR count). The van der Waals surface area contributed by atoms with Crippen LogP contribution in [0.1, 0.15) is 48.9 Å². The van der Waals surface area contributed by atoms with Gasteiger partial charge in [-0.25, -0.2) is 9.78 Å².